The van der Waals surface area contributed by atoms with Gasteiger partial charge in [-0.3, -0.25) is 4.98 Å². The molecule has 33 heavy (non-hydrogen) atoms. The van der Waals surface area contributed by atoms with Crippen molar-refractivity contribution in [2.45, 2.75) is 45.8 Å². The van der Waals surface area contributed by atoms with Crippen molar-refractivity contribution in [3.05, 3.63) is 64.2 Å². The van der Waals surface area contributed by atoms with Crippen molar-refractivity contribution in [2.75, 3.05) is 29.9 Å². The Morgan fingerprint density at radius 2 is 1.88 bits per heavy atom. The largest absolute Gasteiger partial charge is 0.374 e. The average Bonchev–Trinajstić information content (AvgIpc) is 3.22. The SMILES string of the molecule is CCO[C@H]1CN(c2cccnc2)C[C@H]1Nc1nc(CC)c(-c2ccc(Cl)cc2Cl)nc1CC. The van der Waals surface area contributed by atoms with Crippen molar-refractivity contribution >= 4 is 34.7 Å². The highest BCUT2D eigenvalue weighted by molar-refractivity contribution is 6.36. The van der Waals surface area contributed by atoms with E-state index in [2.05, 4.69) is 35.1 Å². The molecule has 0 bridgehead atoms. The van der Waals surface area contributed by atoms with E-state index in [1.165, 1.54) is 0 Å². The number of nitrogens with one attached hydrogen (secondary N) is 1. The Balaban J connectivity index is 1.65. The van der Waals surface area contributed by atoms with Gasteiger partial charge in [0.2, 0.25) is 0 Å². The minimum atomic E-state index is 0.0391. The summed E-state index contributed by atoms with van der Waals surface area (Å²) in [7, 11) is 0. The van der Waals surface area contributed by atoms with Crippen LogP contribution in [0.15, 0.2) is 42.7 Å². The highest BCUT2D eigenvalue weighted by Gasteiger charge is 2.34. The summed E-state index contributed by atoms with van der Waals surface area (Å²) in [5, 5.41) is 4.84. The number of benzene rings is 1. The van der Waals surface area contributed by atoms with Crippen LogP contribution in [0.25, 0.3) is 11.3 Å². The lowest BCUT2D eigenvalue weighted by Crippen LogP contribution is -2.35. The molecule has 0 saturated carbocycles. The van der Waals surface area contributed by atoms with Crippen LogP contribution in [0.5, 0.6) is 0 Å². The molecule has 8 heteroatoms. The molecule has 0 radical (unpaired) electrons. The van der Waals surface area contributed by atoms with Crippen LogP contribution in [-0.4, -0.2) is 46.8 Å². The number of ether oxygens (including phenoxy) is 1. The first kappa shape index (κ1) is 23.7. The molecule has 174 valence electrons. The molecule has 3 aromatic rings. The van der Waals surface area contributed by atoms with Crippen LogP contribution in [0.3, 0.4) is 0 Å². The molecule has 1 N–H and O–H groups in total. The number of anilines is 2. The van der Waals surface area contributed by atoms with E-state index in [-0.39, 0.29) is 12.1 Å². The fourth-order valence-electron chi connectivity index (χ4n) is 4.23. The Morgan fingerprint density at radius 1 is 1.06 bits per heavy atom. The number of hydrogen-bond acceptors (Lipinski definition) is 6. The van der Waals surface area contributed by atoms with Gasteiger partial charge in [0.1, 0.15) is 5.82 Å². The number of pyridine rings is 1. The second kappa shape index (κ2) is 10.7. The monoisotopic (exact) mass is 485 g/mol. The van der Waals surface area contributed by atoms with Crippen molar-refractivity contribution < 1.29 is 4.74 Å². The molecule has 2 atom stereocenters. The number of halogens is 2. The van der Waals surface area contributed by atoms with Gasteiger partial charge in [0.15, 0.2) is 0 Å². The normalized spacial score (nSPS) is 18.0. The topological polar surface area (TPSA) is 63.2 Å². The van der Waals surface area contributed by atoms with E-state index in [1.54, 1.807) is 12.3 Å². The molecule has 1 aliphatic rings. The van der Waals surface area contributed by atoms with Gasteiger partial charge in [-0.25, -0.2) is 9.97 Å². The molecule has 1 fully saturated rings. The van der Waals surface area contributed by atoms with Gasteiger partial charge >= 0.3 is 0 Å². The highest BCUT2D eigenvalue weighted by atomic mass is 35.5. The van der Waals surface area contributed by atoms with E-state index < -0.39 is 0 Å². The Labute approximate surface area is 205 Å². The van der Waals surface area contributed by atoms with Crippen molar-refractivity contribution in [1.29, 1.82) is 0 Å². The average molecular weight is 486 g/mol. The van der Waals surface area contributed by atoms with E-state index in [0.717, 1.165) is 60.1 Å². The lowest BCUT2D eigenvalue weighted by Gasteiger charge is -2.22. The molecule has 0 spiro atoms. The smallest absolute Gasteiger partial charge is 0.148 e. The molecule has 0 aliphatic carbocycles. The number of rotatable bonds is 8. The molecule has 1 aliphatic heterocycles. The molecule has 3 heterocycles. The van der Waals surface area contributed by atoms with E-state index >= 15 is 0 Å². The van der Waals surface area contributed by atoms with Crippen molar-refractivity contribution in [2.24, 2.45) is 0 Å². The maximum absolute atomic E-state index is 6.50. The Kier molecular flexibility index (Phi) is 7.68. The molecule has 1 aromatic carbocycles. The van der Waals surface area contributed by atoms with Gasteiger partial charge in [-0.05, 0) is 50.1 Å². The highest BCUT2D eigenvalue weighted by Crippen LogP contribution is 2.33. The zero-order valence-electron chi connectivity index (χ0n) is 19.2. The number of hydrogen-bond donors (Lipinski definition) is 1. The molecule has 2 aromatic heterocycles. The van der Waals surface area contributed by atoms with Gasteiger partial charge in [-0.1, -0.05) is 37.0 Å². The second-order valence-corrected chi connectivity index (χ2v) is 8.85. The quantitative estimate of drug-likeness (QED) is 0.442. The fraction of sp³-hybridized carbons (Fsp3) is 0.400. The Morgan fingerprint density at radius 3 is 2.55 bits per heavy atom. The maximum Gasteiger partial charge on any atom is 0.148 e. The van der Waals surface area contributed by atoms with Crippen LogP contribution in [0, 0.1) is 0 Å². The standard InChI is InChI=1S/C25H29Cl2N5O/c1-4-20-24(18-10-9-16(26)12-19(18)27)29-21(5-2)25(30-20)31-22-14-32(15-23(22)33-6-3)17-8-7-11-28-13-17/h7-13,22-23H,4-6,14-15H2,1-3H3,(H,30,31)/t22-,23+/m1/s1. The van der Waals surface area contributed by atoms with Crippen molar-refractivity contribution in [3.63, 3.8) is 0 Å². The first-order valence-electron chi connectivity index (χ1n) is 11.4. The summed E-state index contributed by atoms with van der Waals surface area (Å²) in [6.07, 6.45) is 5.20. The number of aromatic nitrogens is 3. The van der Waals surface area contributed by atoms with Gasteiger partial charge < -0.3 is 15.0 Å². The summed E-state index contributed by atoms with van der Waals surface area (Å²) in [6.45, 7) is 8.45. The predicted octanol–water partition coefficient (Wildman–Crippen LogP) is 5.68. The van der Waals surface area contributed by atoms with Crippen molar-refractivity contribution in [1.82, 2.24) is 15.0 Å². The lowest BCUT2D eigenvalue weighted by atomic mass is 10.1. The molecule has 1 saturated heterocycles. The maximum atomic E-state index is 6.50. The van der Waals surface area contributed by atoms with Crippen LogP contribution in [0.4, 0.5) is 11.5 Å². The summed E-state index contributed by atoms with van der Waals surface area (Å²) in [5.41, 5.74) is 4.56. The van der Waals surface area contributed by atoms with Crippen LogP contribution in [-0.2, 0) is 17.6 Å². The first-order valence-corrected chi connectivity index (χ1v) is 12.2. The summed E-state index contributed by atoms with van der Waals surface area (Å²) >= 11 is 12.6. The van der Waals surface area contributed by atoms with Crippen LogP contribution >= 0.6 is 23.2 Å². The van der Waals surface area contributed by atoms with Crippen LogP contribution in [0.2, 0.25) is 10.0 Å². The van der Waals surface area contributed by atoms with Crippen LogP contribution < -0.4 is 10.2 Å². The van der Waals surface area contributed by atoms with E-state index in [9.17, 15) is 0 Å². The minimum absolute atomic E-state index is 0.0391. The number of nitrogens with zero attached hydrogens (tertiary/aromatic N) is 4. The number of aryl methyl sites for hydroxylation is 2. The minimum Gasteiger partial charge on any atom is -0.374 e. The van der Waals surface area contributed by atoms with Gasteiger partial charge in [0.05, 0.1) is 46.1 Å². The summed E-state index contributed by atoms with van der Waals surface area (Å²) in [6, 6.07) is 9.61. The Hall–Kier alpha value is -2.41. The molecular formula is C25H29Cl2N5O. The van der Waals surface area contributed by atoms with Gasteiger partial charge in [-0.15, -0.1) is 0 Å². The van der Waals surface area contributed by atoms with E-state index in [4.69, 9.17) is 37.9 Å². The summed E-state index contributed by atoms with van der Waals surface area (Å²) in [4.78, 5) is 16.6. The lowest BCUT2D eigenvalue weighted by molar-refractivity contribution is 0.0719. The van der Waals surface area contributed by atoms with E-state index in [0.29, 0.717) is 16.7 Å². The Bertz CT molecular complexity index is 1100. The molecular weight excluding hydrogens is 457 g/mol. The molecule has 0 unspecified atom stereocenters. The summed E-state index contributed by atoms with van der Waals surface area (Å²) in [5.74, 6) is 0.811. The van der Waals surface area contributed by atoms with Crippen LogP contribution in [0.1, 0.15) is 32.2 Å². The third-order valence-corrected chi connectivity index (χ3v) is 6.42. The van der Waals surface area contributed by atoms with Gasteiger partial charge in [0.25, 0.3) is 0 Å². The van der Waals surface area contributed by atoms with Gasteiger partial charge in [0, 0.05) is 36.5 Å². The fourth-order valence-corrected chi connectivity index (χ4v) is 4.73. The van der Waals surface area contributed by atoms with Gasteiger partial charge in [-0.2, -0.15) is 0 Å². The first-order chi connectivity index (χ1) is 16.0. The summed E-state index contributed by atoms with van der Waals surface area (Å²) < 4.78 is 6.09. The zero-order chi connectivity index (χ0) is 23.4. The predicted molar refractivity (Wildman–Crippen MR) is 136 cm³/mol. The second-order valence-electron chi connectivity index (χ2n) is 8.01. The van der Waals surface area contributed by atoms with E-state index in [1.807, 2.05) is 31.3 Å². The molecule has 4 rings (SSSR count). The third kappa shape index (κ3) is 5.24. The zero-order valence-corrected chi connectivity index (χ0v) is 20.7. The third-order valence-electron chi connectivity index (χ3n) is 5.88. The van der Waals surface area contributed by atoms with Crippen molar-refractivity contribution in [3.8, 4) is 11.3 Å². The molecule has 0 amide bonds. The molecule has 6 nitrogen and oxygen atoms in total.